The minimum atomic E-state index is 0.602. The molecule has 0 aliphatic heterocycles. The molecule has 0 aliphatic rings. The van der Waals surface area contributed by atoms with E-state index in [-0.39, 0.29) is 0 Å². The summed E-state index contributed by atoms with van der Waals surface area (Å²) in [5.74, 6) is 3.74. The normalized spacial score (nSPS) is 11.8. The molecule has 0 N–H and O–H groups in total. The van der Waals surface area contributed by atoms with Gasteiger partial charge in [-0.15, -0.1) is 11.3 Å². The number of furan rings is 1. The SMILES string of the molecule is c1ccc(-c2nc(-c3ccccc3)nc(-c3ccc(-n4c5ccc(-c6ccc7c(c6)c6c8ccccc8sc6n7-c6ccc(-c7nc(-c8ccccc8)nc(-c8ccccc8)n7)cc6)cc5c5c6ccccc6oc54)cc3)n2)cc1. The fourth-order valence-corrected chi connectivity index (χ4v) is 12.5. The average molecular weight is 1040 g/mol. The molecule has 0 atom stereocenters. The van der Waals surface area contributed by atoms with Gasteiger partial charge in [0.2, 0.25) is 5.71 Å². The average Bonchev–Trinajstić information content (AvgIpc) is 4.48. The molecule has 16 aromatic rings. The van der Waals surface area contributed by atoms with Crippen LogP contribution in [0.1, 0.15) is 0 Å². The lowest BCUT2D eigenvalue weighted by Gasteiger charge is -2.11. The van der Waals surface area contributed by atoms with Crippen LogP contribution in [-0.2, 0) is 0 Å². The third-order valence-corrected chi connectivity index (χ3v) is 16.2. The maximum Gasteiger partial charge on any atom is 0.213 e. The van der Waals surface area contributed by atoms with Crippen molar-refractivity contribution in [1.29, 1.82) is 0 Å². The van der Waals surface area contributed by atoms with Crippen LogP contribution in [0.3, 0.4) is 0 Å². The summed E-state index contributed by atoms with van der Waals surface area (Å²) in [5, 5.41) is 6.93. The van der Waals surface area contributed by atoms with Crippen molar-refractivity contribution >= 4 is 75.5 Å². The van der Waals surface area contributed by atoms with Gasteiger partial charge < -0.3 is 8.98 Å². The first kappa shape index (κ1) is 45.5. The smallest absolute Gasteiger partial charge is 0.213 e. The number of aromatic nitrogens is 8. The van der Waals surface area contributed by atoms with Crippen LogP contribution in [0.15, 0.2) is 259 Å². The number of thiophene rings is 1. The molecule has 0 fully saturated rings. The minimum absolute atomic E-state index is 0.602. The topological polar surface area (TPSA) is 100 Å². The first-order valence-corrected chi connectivity index (χ1v) is 27.3. The Labute approximate surface area is 462 Å². The Morgan fingerprint density at radius 3 is 1.12 bits per heavy atom. The van der Waals surface area contributed by atoms with Crippen LogP contribution in [0, 0.1) is 0 Å². The van der Waals surface area contributed by atoms with Crippen molar-refractivity contribution in [3.8, 4) is 90.8 Å². The second-order valence-corrected chi connectivity index (χ2v) is 20.9. The van der Waals surface area contributed by atoms with Gasteiger partial charge in [-0.3, -0.25) is 4.57 Å². The molecule has 10 aromatic carbocycles. The monoisotopic (exact) mass is 1040 g/mol. The minimum Gasteiger partial charge on any atom is -0.439 e. The van der Waals surface area contributed by atoms with Crippen LogP contribution in [0.25, 0.3) is 155 Å². The van der Waals surface area contributed by atoms with Gasteiger partial charge >= 0.3 is 0 Å². The van der Waals surface area contributed by atoms with E-state index in [1.807, 2.05) is 145 Å². The Morgan fingerprint density at radius 1 is 0.287 bits per heavy atom. The van der Waals surface area contributed by atoms with Gasteiger partial charge in [0.1, 0.15) is 10.4 Å². The quantitative estimate of drug-likeness (QED) is 0.142. The van der Waals surface area contributed by atoms with Crippen molar-refractivity contribution in [3.63, 3.8) is 0 Å². The van der Waals surface area contributed by atoms with Crippen LogP contribution < -0.4 is 0 Å². The molecule has 0 radical (unpaired) electrons. The summed E-state index contributed by atoms with van der Waals surface area (Å²) in [4.78, 5) is 31.1. The molecule has 374 valence electrons. The van der Waals surface area contributed by atoms with Crippen molar-refractivity contribution in [3.05, 3.63) is 255 Å². The zero-order valence-corrected chi connectivity index (χ0v) is 43.5. The molecule has 0 bridgehead atoms. The zero-order chi connectivity index (χ0) is 52.7. The lowest BCUT2D eigenvalue weighted by Crippen LogP contribution is -2.00. The number of hydrogen-bond acceptors (Lipinski definition) is 8. The van der Waals surface area contributed by atoms with Gasteiger partial charge in [-0.2, -0.15) is 0 Å². The molecule has 9 nitrogen and oxygen atoms in total. The van der Waals surface area contributed by atoms with Gasteiger partial charge in [0, 0.05) is 76.4 Å². The molecule has 6 heterocycles. The van der Waals surface area contributed by atoms with E-state index in [0.717, 1.165) is 94.4 Å². The van der Waals surface area contributed by atoms with E-state index in [4.69, 9.17) is 34.3 Å². The highest BCUT2D eigenvalue weighted by Crippen LogP contribution is 2.45. The molecule has 0 amide bonds. The van der Waals surface area contributed by atoms with Gasteiger partial charge in [-0.05, 0) is 96.1 Å². The lowest BCUT2D eigenvalue weighted by atomic mass is 10.00. The molecule has 16 rings (SSSR count). The van der Waals surface area contributed by atoms with Crippen molar-refractivity contribution in [2.75, 3.05) is 0 Å². The van der Waals surface area contributed by atoms with Crippen LogP contribution in [0.4, 0.5) is 0 Å². The Hall–Kier alpha value is -10.7. The van der Waals surface area contributed by atoms with E-state index in [2.05, 4.69) is 130 Å². The number of nitrogens with zero attached hydrogens (tertiary/aromatic N) is 8. The van der Waals surface area contributed by atoms with Gasteiger partial charge in [0.05, 0.1) is 16.4 Å². The molecule has 0 aliphatic carbocycles. The Kier molecular flexibility index (Phi) is 10.5. The predicted molar refractivity (Wildman–Crippen MR) is 325 cm³/mol. The molecule has 0 saturated heterocycles. The van der Waals surface area contributed by atoms with E-state index in [9.17, 15) is 0 Å². The van der Waals surface area contributed by atoms with Gasteiger partial charge in [0.25, 0.3) is 0 Å². The number of rotatable bonds is 9. The van der Waals surface area contributed by atoms with Gasteiger partial charge in [-0.25, -0.2) is 29.9 Å². The second kappa shape index (κ2) is 18.5. The molecular formula is C70H42N8OS. The molecule has 6 aromatic heterocycles. The first-order valence-electron chi connectivity index (χ1n) is 26.5. The maximum atomic E-state index is 6.79. The van der Waals surface area contributed by atoms with E-state index >= 15 is 0 Å². The third-order valence-electron chi connectivity index (χ3n) is 15.1. The fourth-order valence-electron chi connectivity index (χ4n) is 11.2. The highest BCUT2D eigenvalue weighted by molar-refractivity contribution is 7.25. The highest BCUT2D eigenvalue weighted by atomic mass is 32.1. The number of para-hydroxylation sites is 1. The summed E-state index contributed by atoms with van der Waals surface area (Å²) in [6, 6.07) is 88.2. The number of benzene rings is 10. The maximum absolute atomic E-state index is 6.79. The summed E-state index contributed by atoms with van der Waals surface area (Å²) in [7, 11) is 0. The Balaban J connectivity index is 0.799. The summed E-state index contributed by atoms with van der Waals surface area (Å²) in [6.07, 6.45) is 0. The predicted octanol–water partition coefficient (Wildman–Crippen LogP) is 17.9. The highest BCUT2D eigenvalue weighted by Gasteiger charge is 2.23. The Bertz CT molecular complexity index is 4600. The summed E-state index contributed by atoms with van der Waals surface area (Å²) >= 11 is 1.82. The molecule has 0 unspecified atom stereocenters. The van der Waals surface area contributed by atoms with Crippen molar-refractivity contribution in [2.45, 2.75) is 0 Å². The third kappa shape index (κ3) is 7.60. The van der Waals surface area contributed by atoms with Crippen molar-refractivity contribution in [2.24, 2.45) is 0 Å². The van der Waals surface area contributed by atoms with Gasteiger partial charge in [-0.1, -0.05) is 170 Å². The fraction of sp³-hybridized carbons (Fsp3) is 0. The first-order chi connectivity index (χ1) is 39.6. The van der Waals surface area contributed by atoms with Crippen LogP contribution >= 0.6 is 11.3 Å². The summed E-state index contributed by atoms with van der Waals surface area (Å²) in [5.41, 5.74) is 13.6. The summed E-state index contributed by atoms with van der Waals surface area (Å²) in [6.45, 7) is 0. The number of hydrogen-bond donors (Lipinski definition) is 0. The molecule has 0 saturated carbocycles. The number of fused-ring (bicyclic) bond motifs is 10. The molecule has 0 spiro atoms. The van der Waals surface area contributed by atoms with E-state index in [1.54, 1.807) is 0 Å². The standard InChI is InChI=1S/C70H42N8OS/c1-5-17-43(18-6-1)63-71-64(44-19-7-2-8-20-44)74-67(73-63)47-29-35-51(36-30-47)77-57-39-33-49(41-55(57)61-53-25-13-15-27-59(53)79-69(61)77)50-34-40-58-56(42-50)62-54-26-14-16-28-60(54)80-70(62)78(58)52-37-31-48(32-38-52)68-75-65(45-21-9-3-10-22-45)72-66(76-68)46-23-11-4-12-24-46/h1-42H. The largest absolute Gasteiger partial charge is 0.439 e. The lowest BCUT2D eigenvalue weighted by molar-refractivity contribution is 0.645. The van der Waals surface area contributed by atoms with E-state index in [0.29, 0.717) is 34.9 Å². The zero-order valence-electron chi connectivity index (χ0n) is 42.6. The molecule has 10 heteroatoms. The molecule has 80 heavy (non-hydrogen) atoms. The van der Waals surface area contributed by atoms with Crippen molar-refractivity contribution < 1.29 is 4.42 Å². The van der Waals surface area contributed by atoms with Crippen molar-refractivity contribution in [1.82, 2.24) is 39.0 Å². The van der Waals surface area contributed by atoms with Crippen LogP contribution in [0.2, 0.25) is 0 Å². The van der Waals surface area contributed by atoms with Gasteiger partial charge in [0.15, 0.2) is 34.9 Å². The van der Waals surface area contributed by atoms with Crippen LogP contribution in [-0.4, -0.2) is 39.0 Å². The summed E-state index contributed by atoms with van der Waals surface area (Å²) < 4.78 is 12.7. The Morgan fingerprint density at radius 2 is 0.650 bits per heavy atom. The van der Waals surface area contributed by atoms with E-state index < -0.39 is 0 Å². The molecular weight excluding hydrogens is 1000 g/mol. The van der Waals surface area contributed by atoms with Crippen LogP contribution in [0.5, 0.6) is 0 Å². The van der Waals surface area contributed by atoms with E-state index in [1.165, 1.54) is 25.7 Å². The second-order valence-electron chi connectivity index (χ2n) is 19.9.